The van der Waals surface area contributed by atoms with Crippen molar-refractivity contribution in [2.75, 3.05) is 26.3 Å². The summed E-state index contributed by atoms with van der Waals surface area (Å²) in [4.78, 5) is 0. The van der Waals surface area contributed by atoms with Crippen LogP contribution in [0.1, 0.15) is 48.9 Å². The van der Waals surface area contributed by atoms with Crippen LogP contribution in [0.15, 0.2) is 6.20 Å². The monoisotopic (exact) mass is 249 g/mol. The zero-order chi connectivity index (χ0) is 12.4. The first-order valence-corrected chi connectivity index (χ1v) is 7.18. The van der Waals surface area contributed by atoms with Crippen molar-refractivity contribution in [2.45, 2.75) is 44.6 Å². The third-order valence-corrected chi connectivity index (χ3v) is 4.40. The summed E-state index contributed by atoms with van der Waals surface area (Å²) in [6.45, 7) is 6.29. The number of nitrogens with one attached hydrogen (secondary N) is 1. The van der Waals surface area contributed by atoms with Crippen LogP contribution >= 0.6 is 0 Å². The highest BCUT2D eigenvalue weighted by molar-refractivity contribution is 5.22. The van der Waals surface area contributed by atoms with E-state index >= 15 is 0 Å². The molecule has 18 heavy (non-hydrogen) atoms. The summed E-state index contributed by atoms with van der Waals surface area (Å²) < 4.78 is 7.68. The minimum atomic E-state index is 0.550. The molecule has 0 saturated carbocycles. The van der Waals surface area contributed by atoms with Crippen LogP contribution in [-0.4, -0.2) is 36.1 Å². The number of nitrogens with zero attached hydrogens (tertiary/aromatic N) is 2. The summed E-state index contributed by atoms with van der Waals surface area (Å²) in [5, 5.41) is 8.09. The maximum atomic E-state index is 5.43. The average Bonchev–Trinajstić information content (AvgIpc) is 2.83. The highest BCUT2D eigenvalue weighted by Crippen LogP contribution is 2.30. The molecule has 2 saturated heterocycles. The maximum absolute atomic E-state index is 5.43. The number of hydrogen-bond acceptors (Lipinski definition) is 3. The van der Waals surface area contributed by atoms with Crippen molar-refractivity contribution in [2.24, 2.45) is 0 Å². The first-order valence-electron chi connectivity index (χ1n) is 7.18. The molecule has 2 fully saturated rings. The van der Waals surface area contributed by atoms with E-state index in [0.29, 0.717) is 12.0 Å². The Kier molecular flexibility index (Phi) is 3.66. The Morgan fingerprint density at radius 2 is 1.94 bits per heavy atom. The molecular weight excluding hydrogens is 226 g/mol. The fraction of sp³-hybridized carbons (Fsp3) is 0.786. The van der Waals surface area contributed by atoms with E-state index in [-0.39, 0.29) is 0 Å². The van der Waals surface area contributed by atoms with Crippen molar-refractivity contribution in [3.63, 3.8) is 0 Å². The van der Waals surface area contributed by atoms with Crippen LogP contribution in [0, 0.1) is 6.92 Å². The number of rotatable bonds is 2. The van der Waals surface area contributed by atoms with Gasteiger partial charge in [-0.2, -0.15) is 5.10 Å². The van der Waals surface area contributed by atoms with E-state index < -0.39 is 0 Å². The molecule has 0 spiro atoms. The molecule has 1 N–H and O–H groups in total. The van der Waals surface area contributed by atoms with Crippen molar-refractivity contribution in [3.05, 3.63) is 17.5 Å². The van der Waals surface area contributed by atoms with E-state index in [4.69, 9.17) is 4.74 Å². The Morgan fingerprint density at radius 3 is 2.67 bits per heavy atom. The summed E-state index contributed by atoms with van der Waals surface area (Å²) in [5.41, 5.74) is 2.86. The zero-order valence-corrected chi connectivity index (χ0v) is 11.2. The molecule has 1 aromatic heterocycles. The van der Waals surface area contributed by atoms with Gasteiger partial charge < -0.3 is 10.1 Å². The molecular formula is C14H23N3O. The summed E-state index contributed by atoms with van der Waals surface area (Å²) >= 11 is 0. The van der Waals surface area contributed by atoms with Gasteiger partial charge in [0.25, 0.3) is 0 Å². The molecule has 0 atom stereocenters. The molecule has 0 amide bonds. The van der Waals surface area contributed by atoms with Gasteiger partial charge in [0, 0.05) is 18.9 Å². The first kappa shape index (κ1) is 12.2. The Balaban J connectivity index is 1.78. The normalized spacial score (nSPS) is 23.4. The van der Waals surface area contributed by atoms with E-state index in [1.54, 1.807) is 0 Å². The fourth-order valence-corrected chi connectivity index (χ4v) is 3.27. The van der Waals surface area contributed by atoms with E-state index in [2.05, 4.69) is 28.2 Å². The van der Waals surface area contributed by atoms with E-state index in [0.717, 1.165) is 39.1 Å². The highest BCUT2D eigenvalue weighted by Gasteiger charge is 2.23. The number of ether oxygens (including phenoxy) is 1. The minimum Gasteiger partial charge on any atom is -0.381 e. The molecule has 0 unspecified atom stereocenters. The van der Waals surface area contributed by atoms with Crippen LogP contribution in [0.25, 0.3) is 0 Å². The molecule has 2 aliphatic heterocycles. The molecule has 3 rings (SSSR count). The number of aromatic nitrogens is 2. The third kappa shape index (κ3) is 2.31. The lowest BCUT2D eigenvalue weighted by molar-refractivity contribution is 0.0656. The van der Waals surface area contributed by atoms with Gasteiger partial charge in [-0.15, -0.1) is 0 Å². The van der Waals surface area contributed by atoms with Gasteiger partial charge in [-0.25, -0.2) is 0 Å². The van der Waals surface area contributed by atoms with Gasteiger partial charge in [0.05, 0.1) is 12.2 Å². The number of piperidine rings is 1. The van der Waals surface area contributed by atoms with E-state index in [1.807, 2.05) is 0 Å². The molecule has 4 heteroatoms. The molecule has 0 aromatic carbocycles. The van der Waals surface area contributed by atoms with E-state index in [9.17, 15) is 0 Å². The van der Waals surface area contributed by atoms with Gasteiger partial charge in [0.15, 0.2) is 0 Å². The van der Waals surface area contributed by atoms with Crippen LogP contribution in [0.2, 0.25) is 0 Å². The van der Waals surface area contributed by atoms with Crippen LogP contribution in [0.3, 0.4) is 0 Å². The minimum absolute atomic E-state index is 0.550. The van der Waals surface area contributed by atoms with Crippen LogP contribution in [-0.2, 0) is 4.74 Å². The molecule has 3 heterocycles. The molecule has 0 bridgehead atoms. The summed E-state index contributed by atoms with van der Waals surface area (Å²) in [5.74, 6) is 0.708. The zero-order valence-electron chi connectivity index (χ0n) is 11.2. The topological polar surface area (TPSA) is 39.1 Å². The lowest BCUT2D eigenvalue weighted by atomic mass is 9.90. The van der Waals surface area contributed by atoms with Gasteiger partial charge in [-0.1, -0.05) is 0 Å². The molecule has 4 nitrogen and oxygen atoms in total. The largest absolute Gasteiger partial charge is 0.381 e. The lowest BCUT2D eigenvalue weighted by Gasteiger charge is -2.25. The third-order valence-electron chi connectivity index (χ3n) is 4.40. The SMILES string of the molecule is Cc1c(C2CCNCC2)cnn1C1CCOCC1. The van der Waals surface area contributed by atoms with E-state index in [1.165, 1.54) is 24.1 Å². The maximum Gasteiger partial charge on any atom is 0.0566 e. The first-order chi connectivity index (χ1) is 8.86. The molecule has 0 aliphatic carbocycles. The molecule has 100 valence electrons. The predicted molar refractivity (Wildman–Crippen MR) is 70.9 cm³/mol. The molecule has 2 aliphatic rings. The lowest BCUT2D eigenvalue weighted by Crippen LogP contribution is -2.27. The fourth-order valence-electron chi connectivity index (χ4n) is 3.27. The van der Waals surface area contributed by atoms with Crippen molar-refractivity contribution in [1.82, 2.24) is 15.1 Å². The predicted octanol–water partition coefficient (Wildman–Crippen LogP) is 2.01. The van der Waals surface area contributed by atoms with Crippen molar-refractivity contribution >= 4 is 0 Å². The second kappa shape index (κ2) is 5.41. The standard InChI is InChI=1S/C14H23N3O/c1-11-14(12-2-6-15-7-3-12)10-16-17(11)13-4-8-18-9-5-13/h10,12-13,15H,2-9H2,1H3. The van der Waals surface area contributed by atoms with Gasteiger partial charge in [-0.3, -0.25) is 4.68 Å². The molecule has 0 radical (unpaired) electrons. The Morgan fingerprint density at radius 1 is 1.22 bits per heavy atom. The number of hydrogen-bond donors (Lipinski definition) is 1. The Hall–Kier alpha value is -0.870. The summed E-state index contributed by atoms with van der Waals surface area (Å²) in [6.07, 6.45) is 6.82. The van der Waals surface area contributed by atoms with Crippen LogP contribution < -0.4 is 5.32 Å². The second-order valence-corrected chi connectivity index (χ2v) is 5.50. The average molecular weight is 249 g/mol. The molecule has 1 aromatic rings. The highest BCUT2D eigenvalue weighted by atomic mass is 16.5. The van der Waals surface area contributed by atoms with Crippen LogP contribution in [0.4, 0.5) is 0 Å². The quantitative estimate of drug-likeness (QED) is 0.871. The van der Waals surface area contributed by atoms with Crippen molar-refractivity contribution < 1.29 is 4.74 Å². The second-order valence-electron chi connectivity index (χ2n) is 5.50. The Bertz CT molecular complexity index is 354. The van der Waals surface area contributed by atoms with Gasteiger partial charge in [0.2, 0.25) is 0 Å². The summed E-state index contributed by atoms with van der Waals surface area (Å²) in [6, 6.07) is 0.550. The van der Waals surface area contributed by atoms with Crippen LogP contribution in [0.5, 0.6) is 0 Å². The van der Waals surface area contributed by atoms with Gasteiger partial charge in [0.1, 0.15) is 0 Å². The van der Waals surface area contributed by atoms with Crippen molar-refractivity contribution in [1.29, 1.82) is 0 Å². The van der Waals surface area contributed by atoms with Crippen molar-refractivity contribution in [3.8, 4) is 0 Å². The smallest absolute Gasteiger partial charge is 0.0566 e. The summed E-state index contributed by atoms with van der Waals surface area (Å²) in [7, 11) is 0. The van der Waals surface area contributed by atoms with Gasteiger partial charge >= 0.3 is 0 Å². The Labute approximate surface area is 109 Å². The van der Waals surface area contributed by atoms with Gasteiger partial charge in [-0.05, 0) is 57.2 Å².